The van der Waals surface area contributed by atoms with Crippen molar-refractivity contribution in [3.63, 3.8) is 0 Å². The minimum absolute atomic E-state index is 0.0569. The molecule has 9 heteroatoms. The van der Waals surface area contributed by atoms with Gasteiger partial charge in [-0.2, -0.15) is 11.8 Å². The van der Waals surface area contributed by atoms with Crippen molar-refractivity contribution in [1.29, 1.82) is 0 Å². The molecule has 0 aliphatic carbocycles. The van der Waals surface area contributed by atoms with Crippen LogP contribution in [0.5, 0.6) is 0 Å². The topological polar surface area (TPSA) is 125 Å². The summed E-state index contributed by atoms with van der Waals surface area (Å²) in [6.45, 7) is 2.81. The summed E-state index contributed by atoms with van der Waals surface area (Å²) >= 11 is 1.39. The zero-order valence-electron chi connectivity index (χ0n) is 12.5. The molecular weight excluding hydrogens is 308 g/mol. The summed E-state index contributed by atoms with van der Waals surface area (Å²) in [4.78, 5) is 35.5. The fourth-order valence-electron chi connectivity index (χ4n) is 2.21. The maximum Gasteiger partial charge on any atom is 0.306 e. The van der Waals surface area contributed by atoms with Gasteiger partial charge in [0.15, 0.2) is 0 Å². The maximum atomic E-state index is 11.6. The number of hydrazine groups is 1. The predicted molar refractivity (Wildman–Crippen MR) is 84.1 cm³/mol. The van der Waals surface area contributed by atoms with Crippen LogP contribution in [0.2, 0.25) is 0 Å². The van der Waals surface area contributed by atoms with Gasteiger partial charge in [-0.1, -0.05) is 0 Å². The molecule has 1 heterocycles. The molecule has 0 aromatic carbocycles. The third kappa shape index (κ3) is 7.62. The van der Waals surface area contributed by atoms with Crippen molar-refractivity contribution in [3.8, 4) is 0 Å². The van der Waals surface area contributed by atoms with E-state index in [0.717, 1.165) is 19.6 Å². The number of piperidine rings is 1. The van der Waals surface area contributed by atoms with Crippen LogP contribution in [0.1, 0.15) is 19.3 Å². The number of thioether (sulfide) groups is 1. The highest BCUT2D eigenvalue weighted by atomic mass is 32.2. The molecule has 0 spiro atoms. The van der Waals surface area contributed by atoms with Crippen molar-refractivity contribution in [1.82, 2.24) is 15.6 Å². The number of carbonyl (C=O) groups is 3. The predicted octanol–water partition coefficient (Wildman–Crippen LogP) is -0.988. The number of carbonyl (C=O) groups excluding carboxylic acids is 2. The van der Waals surface area contributed by atoms with Crippen LogP contribution in [-0.2, 0) is 14.4 Å². The number of hydrogen-bond acceptors (Lipinski definition) is 6. The molecule has 0 radical (unpaired) electrons. The number of hydrogen-bond donors (Lipinski definition) is 4. The molecule has 0 bridgehead atoms. The molecule has 1 rings (SSSR count). The maximum absolute atomic E-state index is 11.6. The van der Waals surface area contributed by atoms with Gasteiger partial charge in [0.1, 0.15) is 0 Å². The van der Waals surface area contributed by atoms with Crippen LogP contribution < -0.4 is 16.6 Å². The number of rotatable bonds is 9. The number of nitrogens with two attached hydrogens (primary N) is 1. The summed E-state index contributed by atoms with van der Waals surface area (Å²) in [7, 11) is 0. The van der Waals surface area contributed by atoms with Crippen LogP contribution in [0, 0.1) is 5.92 Å². The number of aliphatic carboxylic acids is 1. The zero-order valence-corrected chi connectivity index (χ0v) is 13.4. The molecule has 8 nitrogen and oxygen atoms in total. The lowest BCUT2D eigenvalue weighted by Gasteiger charge is -2.29. The molecule has 0 atom stereocenters. The van der Waals surface area contributed by atoms with Crippen molar-refractivity contribution in [2.45, 2.75) is 19.3 Å². The van der Waals surface area contributed by atoms with Crippen LogP contribution in [0.25, 0.3) is 0 Å². The average Bonchev–Trinajstić information content (AvgIpc) is 2.51. The molecule has 1 saturated heterocycles. The first kappa shape index (κ1) is 18.7. The van der Waals surface area contributed by atoms with Crippen LogP contribution in [-0.4, -0.2) is 65.5 Å². The molecule has 2 amide bonds. The number of carboxylic acids is 1. The first-order chi connectivity index (χ1) is 10.5. The summed E-state index contributed by atoms with van der Waals surface area (Å²) in [5.41, 5.74) is 2.04. The van der Waals surface area contributed by atoms with Crippen molar-refractivity contribution in [2.24, 2.45) is 11.8 Å². The number of nitrogens with zero attached hydrogens (tertiary/aromatic N) is 1. The average molecular weight is 332 g/mol. The van der Waals surface area contributed by atoms with E-state index >= 15 is 0 Å². The van der Waals surface area contributed by atoms with Gasteiger partial charge in [-0.25, -0.2) is 5.84 Å². The number of carboxylic acid groups (broad SMARTS) is 1. The van der Waals surface area contributed by atoms with Gasteiger partial charge in [-0.3, -0.25) is 19.8 Å². The van der Waals surface area contributed by atoms with E-state index in [1.165, 1.54) is 11.8 Å². The number of likely N-dealkylation sites (tertiary alicyclic amines) is 1. The summed E-state index contributed by atoms with van der Waals surface area (Å²) in [6.07, 6.45) is 1.64. The molecule has 126 valence electrons. The quantitative estimate of drug-likeness (QED) is 0.185. The lowest BCUT2D eigenvalue weighted by molar-refractivity contribution is -0.143. The Morgan fingerprint density at radius 3 is 2.50 bits per heavy atom. The van der Waals surface area contributed by atoms with Gasteiger partial charge in [0.25, 0.3) is 0 Å². The Labute approximate surface area is 134 Å². The second-order valence-corrected chi connectivity index (χ2v) is 6.28. The molecular formula is C13H24N4O4S. The van der Waals surface area contributed by atoms with Gasteiger partial charge in [0.05, 0.1) is 11.7 Å². The van der Waals surface area contributed by atoms with Crippen LogP contribution in [0.3, 0.4) is 0 Å². The molecule has 1 aliphatic heterocycles. The highest BCUT2D eigenvalue weighted by Crippen LogP contribution is 2.16. The Balaban J connectivity index is 2.01. The summed E-state index contributed by atoms with van der Waals surface area (Å²) in [5.74, 6) is 4.59. The van der Waals surface area contributed by atoms with E-state index in [1.54, 1.807) is 0 Å². The van der Waals surface area contributed by atoms with Gasteiger partial charge in [-0.15, -0.1) is 0 Å². The number of nitrogens with one attached hydrogen (secondary N) is 2. The Hall–Kier alpha value is -1.32. The third-order valence-electron chi connectivity index (χ3n) is 3.55. The first-order valence-corrected chi connectivity index (χ1v) is 8.47. The minimum atomic E-state index is -0.715. The Bertz CT molecular complexity index is 386. The highest BCUT2D eigenvalue weighted by Gasteiger charge is 2.23. The van der Waals surface area contributed by atoms with E-state index in [1.807, 2.05) is 5.43 Å². The minimum Gasteiger partial charge on any atom is -0.481 e. The monoisotopic (exact) mass is 332 g/mol. The van der Waals surface area contributed by atoms with E-state index in [0.29, 0.717) is 37.3 Å². The van der Waals surface area contributed by atoms with E-state index in [4.69, 9.17) is 10.9 Å². The largest absolute Gasteiger partial charge is 0.481 e. The van der Waals surface area contributed by atoms with E-state index < -0.39 is 5.97 Å². The van der Waals surface area contributed by atoms with Crippen LogP contribution >= 0.6 is 11.8 Å². The van der Waals surface area contributed by atoms with Gasteiger partial charge in [0.2, 0.25) is 11.8 Å². The van der Waals surface area contributed by atoms with E-state index in [-0.39, 0.29) is 17.7 Å². The molecule has 5 N–H and O–H groups in total. The second kappa shape index (κ2) is 10.4. The Kier molecular flexibility index (Phi) is 8.86. The summed E-state index contributed by atoms with van der Waals surface area (Å²) in [5, 5.41) is 11.7. The van der Waals surface area contributed by atoms with Crippen molar-refractivity contribution >= 4 is 29.5 Å². The lowest BCUT2D eigenvalue weighted by atomic mass is 9.97. The molecule has 0 saturated carbocycles. The Morgan fingerprint density at radius 2 is 1.91 bits per heavy atom. The fourth-order valence-corrected chi connectivity index (χ4v) is 2.97. The Morgan fingerprint density at radius 1 is 1.23 bits per heavy atom. The van der Waals surface area contributed by atoms with E-state index in [9.17, 15) is 14.4 Å². The van der Waals surface area contributed by atoms with Crippen molar-refractivity contribution in [3.05, 3.63) is 0 Å². The summed E-state index contributed by atoms with van der Waals surface area (Å²) in [6, 6.07) is 0. The van der Waals surface area contributed by atoms with Gasteiger partial charge in [-0.05, 0) is 25.9 Å². The molecule has 1 fully saturated rings. The normalized spacial score (nSPS) is 16.2. The van der Waals surface area contributed by atoms with Gasteiger partial charge < -0.3 is 15.3 Å². The zero-order chi connectivity index (χ0) is 16.4. The van der Waals surface area contributed by atoms with Gasteiger partial charge >= 0.3 is 5.97 Å². The molecule has 0 unspecified atom stereocenters. The van der Waals surface area contributed by atoms with Crippen LogP contribution in [0.15, 0.2) is 0 Å². The third-order valence-corrected chi connectivity index (χ3v) is 4.51. The molecule has 22 heavy (non-hydrogen) atoms. The molecule has 0 aromatic rings. The second-order valence-electron chi connectivity index (χ2n) is 5.17. The fraction of sp³-hybridized carbons (Fsp3) is 0.769. The smallest absolute Gasteiger partial charge is 0.306 e. The van der Waals surface area contributed by atoms with Crippen LogP contribution in [0.4, 0.5) is 0 Å². The molecule has 1 aliphatic rings. The van der Waals surface area contributed by atoms with E-state index in [2.05, 4.69) is 10.2 Å². The van der Waals surface area contributed by atoms with Gasteiger partial charge in [0, 0.05) is 25.3 Å². The first-order valence-electron chi connectivity index (χ1n) is 7.32. The van der Waals surface area contributed by atoms with Crippen molar-refractivity contribution in [2.75, 3.05) is 37.7 Å². The summed E-state index contributed by atoms with van der Waals surface area (Å²) < 4.78 is 0. The standard InChI is InChI=1S/C13H24N4O4S/c14-16-11(18)3-8-22-9-12(19)15-4-7-17-5-1-10(2-6-17)13(20)21/h10H,1-9,14H2,(H,15,19)(H,16,18)(H,20,21). The molecule has 0 aromatic heterocycles. The van der Waals surface area contributed by atoms with Crippen molar-refractivity contribution < 1.29 is 19.5 Å². The lowest BCUT2D eigenvalue weighted by Crippen LogP contribution is -2.41. The number of amides is 2. The SMILES string of the molecule is NNC(=O)CCSCC(=O)NCCN1CCC(C(=O)O)CC1. The highest BCUT2D eigenvalue weighted by molar-refractivity contribution is 7.99.